The van der Waals surface area contributed by atoms with Gasteiger partial charge in [-0.05, 0) is 76.1 Å². The van der Waals surface area contributed by atoms with Crippen LogP contribution >= 0.6 is 0 Å². The SMILES string of the molecule is CN(C[C@H]1CC[C@H](n2cc(NC(=O)c3cc4ncccn4n3)c(C(F)F)n2)CC1)C1CCN(c2cccc3c2n(C)c(=O)n3C2CCC(=O)NC2=O)CC1. The van der Waals surface area contributed by atoms with Gasteiger partial charge in [0.2, 0.25) is 11.8 Å². The van der Waals surface area contributed by atoms with E-state index in [0.717, 1.165) is 69.4 Å². The summed E-state index contributed by atoms with van der Waals surface area (Å²) < 4.78 is 34.2. The largest absolute Gasteiger partial charge is 0.370 e. The summed E-state index contributed by atoms with van der Waals surface area (Å²) in [5, 5.41) is 13.4. The number of hydrogen-bond acceptors (Lipinski definition) is 9. The predicted molar refractivity (Wildman–Crippen MR) is 196 cm³/mol. The minimum absolute atomic E-state index is 0.0152. The van der Waals surface area contributed by atoms with Gasteiger partial charge in [-0.25, -0.2) is 23.1 Å². The topological polar surface area (TPSA) is 157 Å². The summed E-state index contributed by atoms with van der Waals surface area (Å²) in [5.41, 5.74) is 2.23. The molecule has 3 fully saturated rings. The molecule has 3 aliphatic rings. The molecule has 15 nitrogen and oxygen atoms in total. The van der Waals surface area contributed by atoms with Crippen LogP contribution < -0.4 is 21.2 Å². The number of carbonyl (C=O) groups is 3. The van der Waals surface area contributed by atoms with Crippen LogP contribution in [0.2, 0.25) is 0 Å². The quantitative estimate of drug-likeness (QED) is 0.213. The highest BCUT2D eigenvalue weighted by Gasteiger charge is 2.34. The second kappa shape index (κ2) is 14.4. The Balaban J connectivity index is 0.864. The predicted octanol–water partition coefficient (Wildman–Crippen LogP) is 4.08. The lowest BCUT2D eigenvalue weighted by Crippen LogP contribution is -2.45. The molecular formula is C37H43F2N11O4. The molecule has 2 N–H and O–H groups in total. The van der Waals surface area contributed by atoms with Crippen LogP contribution in [0.3, 0.4) is 0 Å². The Morgan fingerprint density at radius 2 is 1.81 bits per heavy atom. The van der Waals surface area contributed by atoms with Crippen LogP contribution in [0.25, 0.3) is 16.7 Å². The van der Waals surface area contributed by atoms with Gasteiger partial charge in [-0.1, -0.05) is 6.07 Å². The van der Waals surface area contributed by atoms with Crippen LogP contribution in [-0.4, -0.2) is 88.9 Å². The first-order chi connectivity index (χ1) is 26.0. The standard InChI is InChI=1S/C37H43F2N11O4/c1-45(23-13-17-47(18-14-23)27-5-3-6-28-33(27)46(2)37(54)50(28)29-11-12-31(51)42-36(29)53)20-22-7-9-24(10-8-22)49-21-26(32(44-49)34(38)39)41-35(52)25-19-30-40-15-4-16-48(30)43-25/h3-6,15-16,19,21-24,29,34H,7-14,17-18,20H2,1-2H3,(H,41,52)(H,42,51,53)/t22-,24-,29?. The summed E-state index contributed by atoms with van der Waals surface area (Å²) in [5.74, 6) is -0.902. The number of imide groups is 1. The van der Waals surface area contributed by atoms with Gasteiger partial charge in [0.05, 0.1) is 28.5 Å². The molecule has 284 valence electrons. The Kier molecular flexibility index (Phi) is 9.49. The molecule has 3 amide bonds. The molecule has 8 rings (SSSR count). The van der Waals surface area contributed by atoms with Crippen molar-refractivity contribution in [1.29, 1.82) is 0 Å². The van der Waals surface area contributed by atoms with Gasteiger partial charge in [0, 0.05) is 63.8 Å². The van der Waals surface area contributed by atoms with E-state index in [4.69, 9.17) is 0 Å². The number of nitrogens with one attached hydrogen (secondary N) is 2. The van der Waals surface area contributed by atoms with E-state index in [0.29, 0.717) is 29.5 Å². The van der Waals surface area contributed by atoms with E-state index in [9.17, 15) is 28.0 Å². The fourth-order valence-electron chi connectivity index (χ4n) is 8.58. The third kappa shape index (κ3) is 6.65. The highest BCUT2D eigenvalue weighted by atomic mass is 19.3. The van der Waals surface area contributed by atoms with E-state index in [1.54, 1.807) is 34.8 Å². The van der Waals surface area contributed by atoms with Gasteiger partial charge in [-0.15, -0.1) is 0 Å². The Hall–Kier alpha value is -5.45. The van der Waals surface area contributed by atoms with Crippen LogP contribution in [0.4, 0.5) is 20.2 Å². The zero-order valence-electron chi connectivity index (χ0n) is 30.2. The molecule has 0 spiro atoms. The number of amides is 3. The second-order valence-electron chi connectivity index (χ2n) is 14.8. The van der Waals surface area contributed by atoms with Crippen molar-refractivity contribution < 1.29 is 23.2 Å². The summed E-state index contributed by atoms with van der Waals surface area (Å²) in [6, 6.07) is 8.62. The summed E-state index contributed by atoms with van der Waals surface area (Å²) in [7, 11) is 3.91. The molecule has 6 heterocycles. The molecule has 4 aromatic heterocycles. The number of aromatic nitrogens is 7. The monoisotopic (exact) mass is 743 g/mol. The van der Waals surface area contributed by atoms with Gasteiger partial charge >= 0.3 is 5.69 Å². The number of benzene rings is 1. The van der Waals surface area contributed by atoms with Gasteiger partial charge in [-0.3, -0.25) is 33.5 Å². The molecule has 1 aromatic carbocycles. The molecule has 17 heteroatoms. The first kappa shape index (κ1) is 35.6. The molecule has 1 unspecified atom stereocenters. The van der Waals surface area contributed by atoms with E-state index < -0.39 is 30.0 Å². The number of para-hydroxylation sites is 1. The van der Waals surface area contributed by atoms with Crippen LogP contribution in [0.15, 0.2) is 53.7 Å². The molecule has 5 aromatic rings. The van der Waals surface area contributed by atoms with Crippen molar-refractivity contribution in [3.63, 3.8) is 0 Å². The highest BCUT2D eigenvalue weighted by molar-refractivity contribution is 6.04. The van der Waals surface area contributed by atoms with Crippen molar-refractivity contribution in [1.82, 2.24) is 43.7 Å². The van der Waals surface area contributed by atoms with Crippen molar-refractivity contribution in [2.24, 2.45) is 13.0 Å². The first-order valence-electron chi connectivity index (χ1n) is 18.5. The van der Waals surface area contributed by atoms with Gasteiger partial charge < -0.3 is 15.1 Å². The number of anilines is 2. The number of hydrogen-bond donors (Lipinski definition) is 2. The Morgan fingerprint density at radius 1 is 1.04 bits per heavy atom. The van der Waals surface area contributed by atoms with E-state index in [1.165, 1.54) is 21.3 Å². The van der Waals surface area contributed by atoms with E-state index in [1.807, 2.05) is 18.2 Å². The van der Waals surface area contributed by atoms with Crippen LogP contribution in [0.1, 0.15) is 86.1 Å². The van der Waals surface area contributed by atoms with Crippen LogP contribution in [-0.2, 0) is 16.6 Å². The minimum Gasteiger partial charge on any atom is -0.370 e. The number of piperidine rings is 2. The number of halogens is 2. The summed E-state index contributed by atoms with van der Waals surface area (Å²) in [6.07, 6.45) is 7.77. The highest BCUT2D eigenvalue weighted by Crippen LogP contribution is 2.36. The molecule has 2 saturated heterocycles. The maximum atomic E-state index is 14.0. The Labute approximate surface area is 308 Å². The maximum absolute atomic E-state index is 14.0. The lowest BCUT2D eigenvalue weighted by atomic mass is 9.85. The van der Waals surface area contributed by atoms with E-state index in [-0.39, 0.29) is 35.4 Å². The van der Waals surface area contributed by atoms with Gasteiger partial charge in [0.25, 0.3) is 12.3 Å². The lowest BCUT2D eigenvalue weighted by molar-refractivity contribution is -0.135. The molecule has 54 heavy (non-hydrogen) atoms. The molecule has 1 aliphatic carbocycles. The molecule has 0 bridgehead atoms. The number of imidazole rings is 1. The van der Waals surface area contributed by atoms with Crippen LogP contribution in [0, 0.1) is 5.92 Å². The number of fused-ring (bicyclic) bond motifs is 2. The molecule has 1 atom stereocenters. The van der Waals surface area contributed by atoms with Gasteiger partial charge in [-0.2, -0.15) is 10.2 Å². The molecular weight excluding hydrogens is 700 g/mol. The Morgan fingerprint density at radius 3 is 2.54 bits per heavy atom. The minimum atomic E-state index is -2.85. The van der Waals surface area contributed by atoms with E-state index in [2.05, 4.69) is 42.7 Å². The summed E-state index contributed by atoms with van der Waals surface area (Å²) in [6.45, 7) is 2.57. The van der Waals surface area contributed by atoms with Crippen molar-refractivity contribution in [2.75, 3.05) is 36.9 Å². The Bertz CT molecular complexity index is 2240. The van der Waals surface area contributed by atoms with Crippen molar-refractivity contribution in [3.05, 3.63) is 70.8 Å². The van der Waals surface area contributed by atoms with Crippen molar-refractivity contribution >= 4 is 45.8 Å². The van der Waals surface area contributed by atoms with E-state index >= 15 is 0 Å². The first-order valence-corrected chi connectivity index (χ1v) is 18.5. The van der Waals surface area contributed by atoms with Crippen molar-refractivity contribution in [3.8, 4) is 0 Å². The number of alkyl halides is 2. The fourth-order valence-corrected chi connectivity index (χ4v) is 8.58. The summed E-state index contributed by atoms with van der Waals surface area (Å²) in [4.78, 5) is 59.7. The number of carbonyl (C=O) groups excluding carboxylic acids is 3. The number of rotatable bonds is 9. The lowest BCUT2D eigenvalue weighted by Gasteiger charge is -2.40. The maximum Gasteiger partial charge on any atom is 0.329 e. The van der Waals surface area contributed by atoms with Gasteiger partial charge in [0.1, 0.15) is 6.04 Å². The third-order valence-corrected chi connectivity index (χ3v) is 11.5. The van der Waals surface area contributed by atoms with Crippen molar-refractivity contribution in [2.45, 2.75) is 75.9 Å². The zero-order chi connectivity index (χ0) is 37.7. The third-order valence-electron chi connectivity index (χ3n) is 11.5. The molecule has 2 aliphatic heterocycles. The fraction of sp³-hybridized carbons (Fsp3) is 0.486. The summed E-state index contributed by atoms with van der Waals surface area (Å²) >= 11 is 0. The average Bonchev–Trinajstić information content (AvgIpc) is 3.87. The molecule has 0 radical (unpaired) electrons. The zero-order valence-corrected chi connectivity index (χ0v) is 30.2. The normalized spacial score (nSPS) is 21.4. The number of nitrogens with zero attached hydrogens (tertiary/aromatic N) is 9. The number of aryl methyl sites for hydroxylation is 1. The molecule has 1 saturated carbocycles. The van der Waals surface area contributed by atoms with Gasteiger partial charge in [0.15, 0.2) is 17.0 Å². The average molecular weight is 744 g/mol. The smallest absolute Gasteiger partial charge is 0.329 e. The second-order valence-corrected chi connectivity index (χ2v) is 14.8. The van der Waals surface area contributed by atoms with Crippen LogP contribution in [0.5, 0.6) is 0 Å².